The van der Waals surface area contributed by atoms with Crippen LogP contribution in [0.1, 0.15) is 5.56 Å². The Morgan fingerprint density at radius 1 is 1.03 bits per heavy atom. The third kappa shape index (κ3) is 4.25. The van der Waals surface area contributed by atoms with E-state index in [1.807, 2.05) is 41.1 Å². The first kappa shape index (κ1) is 21.4. The van der Waals surface area contributed by atoms with E-state index in [9.17, 15) is 13.2 Å². The van der Waals surface area contributed by atoms with Gasteiger partial charge in [0.1, 0.15) is 11.4 Å². The van der Waals surface area contributed by atoms with Gasteiger partial charge < -0.3 is 13.8 Å². The van der Waals surface area contributed by atoms with Gasteiger partial charge in [-0.1, -0.05) is 23.4 Å². The van der Waals surface area contributed by atoms with Gasteiger partial charge in [0.05, 0.1) is 23.5 Å². The van der Waals surface area contributed by atoms with Crippen LogP contribution in [0, 0.1) is 0 Å². The highest BCUT2D eigenvalue weighted by Crippen LogP contribution is 2.31. The monoisotopic (exact) mass is 463 g/mol. The maximum atomic E-state index is 12.7. The van der Waals surface area contributed by atoms with E-state index in [0.29, 0.717) is 23.6 Å². The van der Waals surface area contributed by atoms with Gasteiger partial charge in [0.25, 0.3) is 5.89 Å². The zero-order valence-corrected chi connectivity index (χ0v) is 17.5. The maximum absolute atomic E-state index is 12.7. The van der Waals surface area contributed by atoms with Crippen LogP contribution in [0.5, 0.6) is 11.6 Å². The Bertz CT molecular complexity index is 1460. The van der Waals surface area contributed by atoms with E-state index in [2.05, 4.69) is 26.7 Å². The number of allylic oxidation sites excluding steroid dienone is 1. The predicted molar refractivity (Wildman–Crippen MR) is 118 cm³/mol. The second-order valence-electron chi connectivity index (χ2n) is 7.32. The van der Waals surface area contributed by atoms with Crippen molar-refractivity contribution < 1.29 is 22.4 Å². The Hall–Kier alpha value is -4.47. The number of halogens is 3. The highest BCUT2D eigenvalue weighted by molar-refractivity contribution is 5.81. The summed E-state index contributed by atoms with van der Waals surface area (Å²) in [4.78, 5) is 12.7. The van der Waals surface area contributed by atoms with Crippen LogP contribution in [0.4, 0.5) is 13.2 Å². The molecule has 3 aromatic heterocycles. The third-order valence-electron chi connectivity index (χ3n) is 5.04. The lowest BCUT2D eigenvalue weighted by atomic mass is 10.1. The fourth-order valence-electron chi connectivity index (χ4n) is 3.38. The maximum Gasteiger partial charge on any atom is 0.416 e. The highest BCUT2D eigenvalue weighted by atomic mass is 19.4. The van der Waals surface area contributed by atoms with Crippen molar-refractivity contribution in [3.8, 4) is 34.6 Å². The molecule has 170 valence electrons. The number of aromatic nitrogens is 5. The number of ether oxygens (including phenoxy) is 1. The molecule has 10 heteroatoms. The minimum absolute atomic E-state index is 0.0811. The van der Waals surface area contributed by atoms with Crippen LogP contribution in [0.2, 0.25) is 0 Å². The van der Waals surface area contributed by atoms with E-state index in [0.717, 1.165) is 23.0 Å². The fraction of sp³-hybridized carbons (Fsp3) is 0.0833. The molecular formula is C24H16F3N5O2. The summed E-state index contributed by atoms with van der Waals surface area (Å²) < 4.78 is 51.3. The lowest BCUT2D eigenvalue weighted by molar-refractivity contribution is -0.137. The molecule has 0 saturated heterocycles. The molecule has 34 heavy (non-hydrogen) atoms. The minimum Gasteiger partial charge on any atom is -0.437 e. The summed E-state index contributed by atoms with van der Waals surface area (Å²) in [5.41, 5.74) is 0.930. The summed E-state index contributed by atoms with van der Waals surface area (Å²) in [5.74, 6) is 1.09. The molecule has 5 rings (SSSR count). The highest BCUT2D eigenvalue weighted by Gasteiger charge is 2.30. The molecule has 2 aromatic carbocycles. The van der Waals surface area contributed by atoms with E-state index in [1.165, 1.54) is 24.5 Å². The average Bonchev–Trinajstić information content (AvgIpc) is 3.47. The van der Waals surface area contributed by atoms with Crippen molar-refractivity contribution in [2.75, 3.05) is 0 Å². The second-order valence-corrected chi connectivity index (χ2v) is 7.32. The third-order valence-corrected chi connectivity index (χ3v) is 5.04. The van der Waals surface area contributed by atoms with Gasteiger partial charge in [0.15, 0.2) is 0 Å². The predicted octanol–water partition coefficient (Wildman–Crippen LogP) is 6.15. The van der Waals surface area contributed by atoms with Gasteiger partial charge in [-0.3, -0.25) is 0 Å². The minimum atomic E-state index is -4.41. The number of rotatable bonds is 6. The zero-order chi connectivity index (χ0) is 23.7. The van der Waals surface area contributed by atoms with Gasteiger partial charge in [-0.05, 0) is 35.7 Å². The molecule has 0 N–H and O–H groups in total. The molecule has 0 aliphatic rings. The summed E-state index contributed by atoms with van der Waals surface area (Å²) >= 11 is 0. The SMILES string of the molecule is C=CCn1ccc2ccc(Oc3cnc(-c4nc(-c5ccc(C(F)(F)F)cc5)no4)cn3)cc21. The number of fused-ring (bicyclic) bond motifs is 1. The molecule has 0 fully saturated rings. The molecule has 0 radical (unpaired) electrons. The molecule has 0 saturated carbocycles. The molecule has 3 heterocycles. The van der Waals surface area contributed by atoms with Crippen molar-refractivity contribution in [1.29, 1.82) is 0 Å². The Morgan fingerprint density at radius 2 is 1.85 bits per heavy atom. The second kappa shape index (κ2) is 8.47. The van der Waals surface area contributed by atoms with Crippen LogP contribution in [0.3, 0.4) is 0 Å². The first-order chi connectivity index (χ1) is 16.4. The van der Waals surface area contributed by atoms with Gasteiger partial charge in [-0.15, -0.1) is 6.58 Å². The first-order valence-electron chi connectivity index (χ1n) is 10.1. The van der Waals surface area contributed by atoms with Crippen LogP contribution >= 0.6 is 0 Å². The summed E-state index contributed by atoms with van der Waals surface area (Å²) in [6.07, 6.45) is 2.22. The molecular weight excluding hydrogens is 447 g/mol. The smallest absolute Gasteiger partial charge is 0.416 e. The standard InChI is InChI=1S/C24H16F3N5O2/c1-2-10-32-11-9-15-5-8-18(12-20(15)32)33-21-14-28-19(13-29-21)23-30-22(31-34-23)16-3-6-17(7-4-16)24(25,26)27/h2-9,11-14H,1,10H2. The molecule has 0 aliphatic carbocycles. The molecule has 0 amide bonds. The van der Waals surface area contributed by atoms with Crippen molar-refractivity contribution in [3.05, 3.63) is 85.3 Å². The van der Waals surface area contributed by atoms with Crippen LogP contribution in [-0.2, 0) is 12.7 Å². The van der Waals surface area contributed by atoms with Crippen LogP contribution < -0.4 is 4.74 Å². The van der Waals surface area contributed by atoms with Crippen molar-refractivity contribution in [3.63, 3.8) is 0 Å². The molecule has 5 aromatic rings. The Kier molecular flexibility index (Phi) is 5.33. The number of hydrogen-bond donors (Lipinski definition) is 0. The normalized spacial score (nSPS) is 11.6. The van der Waals surface area contributed by atoms with E-state index < -0.39 is 11.7 Å². The lowest BCUT2D eigenvalue weighted by Gasteiger charge is -2.06. The molecule has 0 spiro atoms. The summed E-state index contributed by atoms with van der Waals surface area (Å²) in [6, 6.07) is 12.2. The van der Waals surface area contributed by atoms with Crippen molar-refractivity contribution >= 4 is 10.9 Å². The molecule has 7 nitrogen and oxygen atoms in total. The first-order valence-corrected chi connectivity index (χ1v) is 10.1. The van der Waals surface area contributed by atoms with Crippen molar-refractivity contribution in [1.82, 2.24) is 24.7 Å². The van der Waals surface area contributed by atoms with E-state index in [-0.39, 0.29) is 17.6 Å². The Balaban J connectivity index is 1.32. The van der Waals surface area contributed by atoms with Gasteiger partial charge >= 0.3 is 6.18 Å². The van der Waals surface area contributed by atoms with Crippen molar-refractivity contribution in [2.45, 2.75) is 12.7 Å². The average molecular weight is 463 g/mol. The Morgan fingerprint density at radius 3 is 2.56 bits per heavy atom. The summed E-state index contributed by atoms with van der Waals surface area (Å²) in [7, 11) is 0. The summed E-state index contributed by atoms with van der Waals surface area (Å²) in [6.45, 7) is 4.45. The lowest BCUT2D eigenvalue weighted by Crippen LogP contribution is -2.04. The number of hydrogen-bond acceptors (Lipinski definition) is 6. The van der Waals surface area contributed by atoms with Crippen LogP contribution in [0.25, 0.3) is 33.9 Å². The fourth-order valence-corrected chi connectivity index (χ4v) is 3.38. The van der Waals surface area contributed by atoms with Gasteiger partial charge in [-0.25, -0.2) is 9.97 Å². The molecule has 0 unspecified atom stereocenters. The van der Waals surface area contributed by atoms with Crippen LogP contribution in [-0.4, -0.2) is 24.7 Å². The summed E-state index contributed by atoms with van der Waals surface area (Å²) in [5, 5.41) is 4.90. The number of benzene rings is 2. The number of nitrogens with zero attached hydrogens (tertiary/aromatic N) is 5. The van der Waals surface area contributed by atoms with Gasteiger partial charge in [0.2, 0.25) is 11.7 Å². The van der Waals surface area contributed by atoms with Gasteiger partial charge in [-0.2, -0.15) is 18.2 Å². The number of alkyl halides is 3. The molecule has 0 aliphatic heterocycles. The van der Waals surface area contributed by atoms with E-state index in [4.69, 9.17) is 9.26 Å². The van der Waals surface area contributed by atoms with E-state index >= 15 is 0 Å². The van der Waals surface area contributed by atoms with Crippen molar-refractivity contribution in [2.24, 2.45) is 0 Å². The Labute approximate surface area is 191 Å². The topological polar surface area (TPSA) is 78.9 Å². The largest absolute Gasteiger partial charge is 0.437 e. The van der Waals surface area contributed by atoms with E-state index in [1.54, 1.807) is 0 Å². The molecule has 0 bridgehead atoms. The quantitative estimate of drug-likeness (QED) is 0.281. The zero-order valence-electron chi connectivity index (χ0n) is 17.5. The van der Waals surface area contributed by atoms with Crippen LogP contribution in [0.15, 0.2) is 84.3 Å². The molecule has 0 atom stereocenters. The van der Waals surface area contributed by atoms with Gasteiger partial charge in [0, 0.05) is 24.4 Å².